The minimum absolute atomic E-state index is 0. The Morgan fingerprint density at radius 2 is 0.368 bits per heavy atom. The van der Waals surface area contributed by atoms with E-state index in [4.69, 9.17) is 0 Å². The predicted molar refractivity (Wildman–Crippen MR) is 288 cm³/mol. The van der Waals surface area contributed by atoms with Crippen LogP contribution >= 0.6 is 0 Å². The van der Waals surface area contributed by atoms with Gasteiger partial charge < -0.3 is 17.0 Å². The second kappa shape index (κ2) is 6.12. The molecule has 0 aliphatic heterocycles. The molecule has 0 atom stereocenters. The van der Waals surface area contributed by atoms with Crippen LogP contribution in [-0.4, -0.2) is 23.1 Å². The molecule has 30 aromatic rings. The summed E-state index contributed by atoms with van der Waals surface area (Å²) in [5.74, 6) is 0. The van der Waals surface area contributed by atoms with Crippen molar-refractivity contribution in [2.45, 2.75) is 5.41 Å². The minimum atomic E-state index is -0.382. The third-order valence-corrected chi connectivity index (χ3v) is 24.1. The molecule has 3 aliphatic rings. The minimum Gasteiger partial charge on any atom is -1.00 e. The summed E-state index contributed by atoms with van der Waals surface area (Å²) in [5.41, 5.74) is 6.21. The van der Waals surface area contributed by atoms with E-state index in [1.54, 1.807) is 318 Å². The average molecular weight is 902 g/mol. The molecule has 3 aliphatic carbocycles. The van der Waals surface area contributed by atoms with Gasteiger partial charge in [-0.15, -0.1) is 10.8 Å². The van der Waals surface area contributed by atoms with Crippen LogP contribution in [0.1, 0.15) is 22.3 Å². The summed E-state index contributed by atoms with van der Waals surface area (Å²) in [4.78, 5) is 0. The molecule has 0 amide bonds. The SMILES string of the molecule is [Br-].[Mg+2].c1ccc(C23c4c5c6c2c2c7c8c6c6c9c5c5c%10c4c4c%11c%10c%10c%12c5c9c5c9c6c8c6c8c7c7c%13c%14c8c8c6c9c6c5c%12c5c%10c9c%10c%12c5c6c8c%12c%14c5c%10c(c9%11)c6c(c5%13)c(c27)[c-]3c46)cc1. The van der Waals surface area contributed by atoms with E-state index >= 15 is 0 Å². The molecule has 0 fully saturated rings. The molecule has 0 aromatic heterocycles. The van der Waals surface area contributed by atoms with Crippen molar-refractivity contribution in [2.75, 3.05) is 0 Å². The summed E-state index contributed by atoms with van der Waals surface area (Å²) in [7, 11) is 0. The van der Waals surface area contributed by atoms with Gasteiger partial charge in [-0.05, 0) is 286 Å². The van der Waals surface area contributed by atoms with Gasteiger partial charge in [-0.3, -0.25) is 0 Å². The summed E-state index contributed by atoms with van der Waals surface area (Å²) < 4.78 is 0. The van der Waals surface area contributed by atoms with Crippen molar-refractivity contribution in [1.29, 1.82) is 0 Å². The van der Waals surface area contributed by atoms with Gasteiger partial charge >= 0.3 is 23.1 Å². The molecule has 0 radical (unpaired) electrons. The van der Waals surface area contributed by atoms with Crippen molar-refractivity contribution in [2.24, 2.45) is 0 Å². The van der Waals surface area contributed by atoms with Gasteiger partial charge in [-0.2, -0.15) is 0 Å². The molecule has 0 nitrogen and oxygen atoms in total. The van der Waals surface area contributed by atoms with Gasteiger partial charge in [-0.25, -0.2) is 0 Å². The van der Waals surface area contributed by atoms with Gasteiger partial charge in [-0.1, -0.05) is 57.4 Å². The quantitative estimate of drug-likeness (QED) is 0.0875. The van der Waals surface area contributed by atoms with E-state index in [0.29, 0.717) is 0 Å². The number of hydrogen-bond acceptors (Lipinski definition) is 0. The van der Waals surface area contributed by atoms with Crippen LogP contribution in [0, 0.1) is 0 Å². The molecule has 278 valence electrons. The van der Waals surface area contributed by atoms with Crippen LogP contribution in [-0.2, 0) is 5.41 Å². The normalized spacial score (nSPS) is 17.9. The Kier molecular flexibility index (Phi) is 2.43. The van der Waals surface area contributed by atoms with E-state index in [0.717, 1.165) is 0 Å². The summed E-state index contributed by atoms with van der Waals surface area (Å²) in [5, 5.41) is 92.8. The number of halogens is 1. The van der Waals surface area contributed by atoms with Crippen LogP contribution in [0.3, 0.4) is 0 Å². The smallest absolute Gasteiger partial charge is 1.00 e. The number of benzene rings is 19. The zero-order chi connectivity index (χ0) is 38.7. The first-order chi connectivity index (χ1) is 33.0. The van der Waals surface area contributed by atoms with E-state index in [2.05, 4.69) is 30.3 Å². The molecule has 33 rings (SSSR count). The van der Waals surface area contributed by atoms with Crippen LogP contribution in [0.15, 0.2) is 30.3 Å². The van der Waals surface area contributed by atoms with E-state index < -0.39 is 0 Å². The second-order valence-corrected chi connectivity index (χ2v) is 24.2. The molecule has 0 heterocycles. The second-order valence-electron chi connectivity index (χ2n) is 24.2. The van der Waals surface area contributed by atoms with Gasteiger partial charge in [0.1, 0.15) is 0 Å². The Labute approximate surface area is 396 Å². The van der Waals surface area contributed by atoms with E-state index in [-0.39, 0.29) is 45.4 Å². The molecule has 30 aromatic carbocycles. The third kappa shape index (κ3) is 1.41. The molecule has 2 heteroatoms. The fourth-order valence-corrected chi connectivity index (χ4v) is 24.0. The van der Waals surface area contributed by atoms with E-state index in [9.17, 15) is 0 Å². The maximum Gasteiger partial charge on any atom is 2.00 e. The first kappa shape index (κ1) is 27.0. The fraction of sp³-hybridized carbons (Fsp3) is 0.0152. The average Bonchev–Trinajstić information content (AvgIpc) is 4.22. The Morgan fingerprint density at radius 3 is 0.588 bits per heavy atom. The van der Waals surface area contributed by atoms with Gasteiger partial charge in [0, 0.05) is 5.41 Å². The molecular weight excluding hydrogens is 897 g/mol. The van der Waals surface area contributed by atoms with Crippen molar-refractivity contribution in [1.82, 2.24) is 0 Å². The Balaban J connectivity index is 0.00000152. The van der Waals surface area contributed by atoms with Crippen LogP contribution in [0.5, 0.6) is 0 Å². The Morgan fingerprint density at radius 1 is 0.206 bits per heavy atom. The summed E-state index contributed by atoms with van der Waals surface area (Å²) >= 11 is 0. The van der Waals surface area contributed by atoms with Crippen LogP contribution in [0.4, 0.5) is 0 Å². The number of hydrogen-bond donors (Lipinski definition) is 0. The zero-order valence-corrected chi connectivity index (χ0v) is 37.5. The monoisotopic (exact) mass is 900 g/mol. The first-order valence-corrected chi connectivity index (χ1v) is 24.7. The maximum absolute atomic E-state index is 2.58. The first-order valence-electron chi connectivity index (χ1n) is 24.7. The van der Waals surface area contributed by atoms with E-state index in [1.165, 1.54) is 5.56 Å². The van der Waals surface area contributed by atoms with Crippen LogP contribution in [0.25, 0.3) is 302 Å². The van der Waals surface area contributed by atoms with Crippen molar-refractivity contribution in [3.8, 4) is 0 Å². The summed E-state index contributed by atoms with van der Waals surface area (Å²) in [6.45, 7) is 0. The van der Waals surface area contributed by atoms with Crippen molar-refractivity contribution in [3.63, 3.8) is 0 Å². The molecule has 0 bridgehead atoms. The van der Waals surface area contributed by atoms with Gasteiger partial charge in [0.15, 0.2) is 0 Å². The predicted octanol–water partition coefficient (Wildman–Crippen LogP) is 15.0. The summed E-state index contributed by atoms with van der Waals surface area (Å²) in [6.07, 6.45) is 0. The van der Waals surface area contributed by atoms with Gasteiger partial charge in [0.2, 0.25) is 0 Å². The van der Waals surface area contributed by atoms with Crippen molar-refractivity contribution < 1.29 is 17.0 Å². The van der Waals surface area contributed by atoms with Crippen LogP contribution in [0.2, 0.25) is 0 Å². The van der Waals surface area contributed by atoms with Crippen molar-refractivity contribution in [3.05, 3.63) is 52.6 Å². The maximum atomic E-state index is 2.58. The van der Waals surface area contributed by atoms with E-state index in [1.807, 2.05) is 0 Å². The molecule has 0 unspecified atom stereocenters. The molecule has 68 heavy (non-hydrogen) atoms. The Bertz CT molecular complexity index is 6770. The molecule has 0 saturated carbocycles. The number of rotatable bonds is 1. The molecule has 0 spiro atoms. The Hall–Kier alpha value is -7.20. The topological polar surface area (TPSA) is 0 Å². The summed E-state index contributed by atoms with van der Waals surface area (Å²) in [6, 6.07) is 12.2. The fourth-order valence-electron chi connectivity index (χ4n) is 24.0. The standard InChI is InChI=1S/C66H5.BrH.Mg/c1-2-4-6(5-3-1)66-63-59-53-39-31-23-11-8-7-9-12(11)24-26-22-16(9)18-14-10(7)13-17-15(8)21-25(23)37(39)45-43-29(21)27(17)35-33-19(13)20(14)34-36-28(18)30(22)44-46-38(26)40(32(24)31)54(53)60(63)56(46)58-50(44)48(36)52-42(34)41(33)51-47(35)49(43)57(55(45)59)64(66)61(51)62(52)65(58)66;;/h1-5H;1H;/q-1;;+2/p-1. The molecule has 0 saturated heterocycles. The van der Waals surface area contributed by atoms with Gasteiger partial charge in [0.05, 0.1) is 0 Å². The molecular formula is C66H5BrMg. The third-order valence-electron chi connectivity index (χ3n) is 24.1. The van der Waals surface area contributed by atoms with Gasteiger partial charge in [0.25, 0.3) is 0 Å². The zero-order valence-electron chi connectivity index (χ0n) is 34.5. The van der Waals surface area contributed by atoms with Crippen molar-refractivity contribution >= 4 is 325 Å². The largest absolute Gasteiger partial charge is 2.00 e. The van der Waals surface area contributed by atoms with Crippen LogP contribution < -0.4 is 17.0 Å². The molecule has 0 N–H and O–H groups in total.